The second-order valence-electron chi connectivity index (χ2n) is 9.63. The molecule has 6 rings (SSSR count). The third-order valence-electron chi connectivity index (χ3n) is 7.77. The number of rotatable bonds is 5. The molecule has 4 heteroatoms. The molecule has 4 nitrogen and oxygen atoms in total. The monoisotopic (exact) mass is 423 g/mol. The predicted octanol–water partition coefficient (Wildman–Crippen LogP) is 4.04. The van der Waals surface area contributed by atoms with Crippen molar-refractivity contribution in [1.82, 2.24) is 15.2 Å². The molecule has 3 aromatic rings. The molecule has 2 aromatic carbocycles. The summed E-state index contributed by atoms with van der Waals surface area (Å²) in [5, 5.41) is 3.24. The van der Waals surface area contributed by atoms with E-state index in [1.165, 1.54) is 28.7 Å². The molecule has 2 bridgehead atoms. The SMILES string of the molecule is O=C(Cc1ccccn1)NC1CCN(CC23CC(c4ccccc42)c2ccccc23)CC1. The van der Waals surface area contributed by atoms with Crippen molar-refractivity contribution < 1.29 is 4.79 Å². The maximum atomic E-state index is 12.5. The van der Waals surface area contributed by atoms with E-state index >= 15 is 0 Å². The Morgan fingerprint density at radius 1 is 0.938 bits per heavy atom. The fourth-order valence-electron chi connectivity index (χ4n) is 6.37. The minimum atomic E-state index is 0.0815. The third-order valence-corrected chi connectivity index (χ3v) is 7.77. The van der Waals surface area contributed by atoms with Gasteiger partial charge < -0.3 is 10.2 Å². The molecule has 0 unspecified atom stereocenters. The third kappa shape index (κ3) is 3.25. The molecule has 1 aromatic heterocycles. The molecule has 0 radical (unpaired) electrons. The van der Waals surface area contributed by atoms with Crippen molar-refractivity contribution in [3.63, 3.8) is 0 Å². The second-order valence-corrected chi connectivity index (χ2v) is 9.63. The zero-order chi connectivity index (χ0) is 21.5. The summed E-state index contributed by atoms with van der Waals surface area (Å²) in [5.74, 6) is 0.629. The van der Waals surface area contributed by atoms with Gasteiger partial charge in [-0.1, -0.05) is 54.6 Å². The summed E-state index contributed by atoms with van der Waals surface area (Å²) in [6, 6.07) is 24.1. The lowest BCUT2D eigenvalue weighted by molar-refractivity contribution is -0.121. The maximum Gasteiger partial charge on any atom is 0.226 e. The van der Waals surface area contributed by atoms with Crippen LogP contribution >= 0.6 is 0 Å². The molecular formula is C28H29N3O. The van der Waals surface area contributed by atoms with Crippen LogP contribution in [-0.2, 0) is 16.6 Å². The first kappa shape index (κ1) is 19.7. The highest BCUT2D eigenvalue weighted by Crippen LogP contribution is 2.60. The highest BCUT2D eigenvalue weighted by Gasteiger charge is 2.53. The predicted molar refractivity (Wildman–Crippen MR) is 126 cm³/mol. The topological polar surface area (TPSA) is 45.2 Å². The first-order valence-electron chi connectivity index (χ1n) is 11.8. The van der Waals surface area contributed by atoms with Crippen LogP contribution in [0.2, 0.25) is 0 Å². The fraction of sp³-hybridized carbons (Fsp3) is 0.357. The van der Waals surface area contributed by atoms with E-state index in [-0.39, 0.29) is 17.4 Å². The van der Waals surface area contributed by atoms with E-state index in [4.69, 9.17) is 0 Å². The van der Waals surface area contributed by atoms with Crippen molar-refractivity contribution >= 4 is 5.91 Å². The Hall–Kier alpha value is -2.98. The molecule has 1 aliphatic heterocycles. The number of amides is 1. The maximum absolute atomic E-state index is 12.5. The summed E-state index contributed by atoms with van der Waals surface area (Å²) in [5.41, 5.74) is 7.08. The Morgan fingerprint density at radius 3 is 2.25 bits per heavy atom. The molecule has 1 N–H and O–H groups in total. The molecule has 2 heterocycles. The van der Waals surface area contributed by atoms with Crippen LogP contribution in [-0.4, -0.2) is 41.5 Å². The van der Waals surface area contributed by atoms with Crippen LogP contribution in [0.4, 0.5) is 0 Å². The Labute approximate surface area is 189 Å². The van der Waals surface area contributed by atoms with Gasteiger partial charge in [-0.2, -0.15) is 0 Å². The Kier molecular flexibility index (Phi) is 4.83. The number of carbonyl (C=O) groups is 1. The number of likely N-dealkylation sites (tertiary alicyclic amines) is 1. The van der Waals surface area contributed by atoms with Crippen LogP contribution in [0, 0.1) is 0 Å². The van der Waals surface area contributed by atoms with Gasteiger partial charge in [-0.3, -0.25) is 9.78 Å². The summed E-state index contributed by atoms with van der Waals surface area (Å²) >= 11 is 0. The number of carbonyl (C=O) groups excluding carboxylic acids is 1. The van der Waals surface area contributed by atoms with Crippen LogP contribution in [0.3, 0.4) is 0 Å². The molecule has 1 amide bonds. The van der Waals surface area contributed by atoms with Crippen LogP contribution in [0.1, 0.15) is 53.1 Å². The van der Waals surface area contributed by atoms with Gasteiger partial charge in [0.15, 0.2) is 0 Å². The minimum absolute atomic E-state index is 0.0815. The fourth-order valence-corrected chi connectivity index (χ4v) is 6.37. The van der Waals surface area contributed by atoms with Crippen molar-refractivity contribution in [2.45, 2.75) is 43.1 Å². The van der Waals surface area contributed by atoms with E-state index in [9.17, 15) is 4.79 Å². The van der Waals surface area contributed by atoms with Gasteiger partial charge in [0.2, 0.25) is 5.91 Å². The molecule has 32 heavy (non-hydrogen) atoms. The standard InChI is InChI=1S/C28H29N3O/c32-27(17-21-7-5-6-14-29-21)30-20-12-15-31(16-13-20)19-28-18-24(22-8-1-3-10-25(22)28)23-9-2-4-11-26(23)28/h1-11,14,20,24H,12-13,15-19H2,(H,30,32). The molecular weight excluding hydrogens is 394 g/mol. The van der Waals surface area contributed by atoms with Crippen LogP contribution in [0.15, 0.2) is 72.9 Å². The molecule has 0 spiro atoms. The average Bonchev–Trinajstić information content (AvgIpc) is 3.33. The van der Waals surface area contributed by atoms with E-state index in [1.807, 2.05) is 18.2 Å². The van der Waals surface area contributed by atoms with Gasteiger partial charge in [-0.15, -0.1) is 0 Å². The number of benzene rings is 2. The summed E-state index contributed by atoms with van der Waals surface area (Å²) in [4.78, 5) is 19.4. The van der Waals surface area contributed by atoms with Gasteiger partial charge in [0, 0.05) is 48.9 Å². The minimum Gasteiger partial charge on any atom is -0.353 e. The van der Waals surface area contributed by atoms with Gasteiger partial charge in [0.25, 0.3) is 0 Å². The van der Waals surface area contributed by atoms with Gasteiger partial charge in [0.1, 0.15) is 0 Å². The lowest BCUT2D eigenvalue weighted by atomic mass is 9.74. The number of nitrogens with one attached hydrogen (secondary N) is 1. The molecule has 3 aliphatic rings. The van der Waals surface area contributed by atoms with Crippen LogP contribution < -0.4 is 5.32 Å². The Morgan fingerprint density at radius 2 is 1.59 bits per heavy atom. The first-order valence-corrected chi connectivity index (χ1v) is 11.8. The van der Waals surface area contributed by atoms with Gasteiger partial charge in [-0.05, 0) is 53.6 Å². The van der Waals surface area contributed by atoms with Crippen molar-refractivity contribution in [2.75, 3.05) is 19.6 Å². The number of piperidine rings is 1. The summed E-state index contributed by atoms with van der Waals surface area (Å²) in [7, 11) is 0. The Balaban J connectivity index is 1.13. The second kappa shape index (κ2) is 7.86. The molecule has 1 fully saturated rings. The van der Waals surface area contributed by atoms with Gasteiger partial charge in [-0.25, -0.2) is 0 Å². The summed E-state index contributed by atoms with van der Waals surface area (Å²) < 4.78 is 0. The molecule has 162 valence electrons. The van der Waals surface area contributed by atoms with E-state index < -0.39 is 0 Å². The van der Waals surface area contributed by atoms with E-state index in [0.717, 1.165) is 38.2 Å². The van der Waals surface area contributed by atoms with Gasteiger partial charge in [0.05, 0.1) is 6.42 Å². The van der Waals surface area contributed by atoms with Crippen molar-refractivity contribution in [1.29, 1.82) is 0 Å². The molecule has 1 saturated heterocycles. The first-order chi connectivity index (χ1) is 15.7. The largest absolute Gasteiger partial charge is 0.353 e. The average molecular weight is 424 g/mol. The van der Waals surface area contributed by atoms with Crippen molar-refractivity contribution in [3.05, 3.63) is 101 Å². The van der Waals surface area contributed by atoms with E-state index in [1.54, 1.807) is 6.20 Å². The number of hydrogen-bond acceptors (Lipinski definition) is 3. The van der Waals surface area contributed by atoms with E-state index in [0.29, 0.717) is 12.3 Å². The van der Waals surface area contributed by atoms with Gasteiger partial charge >= 0.3 is 0 Å². The molecule has 0 atom stereocenters. The smallest absolute Gasteiger partial charge is 0.226 e. The summed E-state index contributed by atoms with van der Waals surface area (Å²) in [6.45, 7) is 3.14. The summed E-state index contributed by atoms with van der Waals surface area (Å²) in [6.07, 6.45) is 5.33. The number of nitrogens with zero attached hydrogens (tertiary/aromatic N) is 2. The number of fused-ring (bicyclic) bond motifs is 8. The number of aromatic nitrogens is 1. The zero-order valence-electron chi connectivity index (χ0n) is 18.3. The zero-order valence-corrected chi connectivity index (χ0v) is 18.3. The number of pyridine rings is 1. The number of hydrogen-bond donors (Lipinski definition) is 1. The van der Waals surface area contributed by atoms with Crippen molar-refractivity contribution in [2.24, 2.45) is 0 Å². The normalized spacial score (nSPS) is 24.2. The molecule has 2 aliphatic carbocycles. The lowest BCUT2D eigenvalue weighted by Crippen LogP contribution is -2.48. The quantitative estimate of drug-likeness (QED) is 0.674. The highest BCUT2D eigenvalue weighted by atomic mass is 16.1. The van der Waals surface area contributed by atoms with Crippen LogP contribution in [0.25, 0.3) is 0 Å². The van der Waals surface area contributed by atoms with Crippen LogP contribution in [0.5, 0.6) is 0 Å². The Bertz CT molecular complexity index is 1090. The lowest BCUT2D eigenvalue weighted by Gasteiger charge is -2.40. The van der Waals surface area contributed by atoms with E-state index in [2.05, 4.69) is 63.7 Å². The van der Waals surface area contributed by atoms with Crippen molar-refractivity contribution in [3.8, 4) is 0 Å². The molecule has 0 saturated carbocycles. The highest BCUT2D eigenvalue weighted by molar-refractivity contribution is 5.78.